The monoisotopic (exact) mass is 208 g/mol. The Morgan fingerprint density at radius 2 is 2.00 bits per heavy atom. The molecule has 1 aromatic rings. The van der Waals surface area contributed by atoms with Gasteiger partial charge in [0.2, 0.25) is 0 Å². The molecular weight excluding hydrogens is 201 g/mol. The summed E-state index contributed by atoms with van der Waals surface area (Å²) in [6.45, 7) is 1.55. The van der Waals surface area contributed by atoms with Crippen molar-refractivity contribution < 1.29 is 13.2 Å². The normalized spacial score (nSPS) is 11.8. The lowest BCUT2D eigenvalue weighted by atomic mass is 10.3. The van der Waals surface area contributed by atoms with Gasteiger partial charge >= 0.3 is 6.18 Å². The molecule has 1 heterocycles. The zero-order chi connectivity index (χ0) is 10.2. The van der Waals surface area contributed by atoms with E-state index in [2.05, 4.69) is 17.2 Å². The summed E-state index contributed by atoms with van der Waals surface area (Å²) in [5.74, 6) is 0. The van der Waals surface area contributed by atoms with Gasteiger partial charge in [-0.2, -0.15) is 13.2 Å². The predicted molar refractivity (Wildman–Crippen MR) is 43.8 cm³/mol. The molecule has 0 aliphatic heterocycles. The molecule has 0 aliphatic carbocycles. The fourth-order valence-electron chi connectivity index (χ4n) is 0.801. The zero-order valence-electron chi connectivity index (χ0n) is 7.01. The van der Waals surface area contributed by atoms with Crippen LogP contribution in [0.25, 0.3) is 0 Å². The van der Waals surface area contributed by atoms with Gasteiger partial charge in [-0.3, -0.25) is 0 Å². The second-order valence-corrected chi connectivity index (χ2v) is 2.99. The van der Waals surface area contributed by atoms with Gasteiger partial charge in [-0.1, -0.05) is 0 Å². The highest BCUT2D eigenvalue weighted by molar-refractivity contribution is 7.71. The molecule has 13 heavy (non-hydrogen) atoms. The fourth-order valence-corrected chi connectivity index (χ4v) is 1.04. The summed E-state index contributed by atoms with van der Waals surface area (Å²) in [6.07, 6.45) is -4.42. The van der Waals surface area contributed by atoms with Gasteiger partial charge in [-0.15, -0.1) is 0 Å². The molecule has 0 amide bonds. The van der Waals surface area contributed by atoms with Gasteiger partial charge in [0.05, 0.1) is 0 Å². The molecule has 0 aromatic carbocycles. The molecule has 0 radical (unpaired) electrons. The number of hydrogen-bond acceptors (Lipinski definition) is 2. The van der Waals surface area contributed by atoms with E-state index in [1.54, 1.807) is 14.0 Å². The maximum atomic E-state index is 12.2. The Bertz CT molecular complexity index is 380. The smallest absolute Gasteiger partial charge is 0.324 e. The van der Waals surface area contributed by atoms with Crippen molar-refractivity contribution >= 4 is 12.2 Å². The summed E-state index contributed by atoms with van der Waals surface area (Å²) in [7, 11) is 1.57. The van der Waals surface area contributed by atoms with Crippen LogP contribution in [-0.4, -0.2) is 9.55 Å². The van der Waals surface area contributed by atoms with E-state index in [1.165, 1.54) is 4.57 Å². The molecule has 0 unspecified atom stereocenters. The molecule has 0 saturated heterocycles. The molecular formula is C7H7F3N2S. The van der Waals surface area contributed by atoms with Gasteiger partial charge in [0.1, 0.15) is 5.69 Å². The van der Waals surface area contributed by atoms with Crippen LogP contribution in [0.15, 0.2) is 6.07 Å². The van der Waals surface area contributed by atoms with E-state index < -0.39 is 11.9 Å². The van der Waals surface area contributed by atoms with Crippen molar-refractivity contribution in [1.82, 2.24) is 9.55 Å². The van der Waals surface area contributed by atoms with E-state index in [0.29, 0.717) is 5.69 Å². The van der Waals surface area contributed by atoms with Gasteiger partial charge in [-0.25, -0.2) is 4.98 Å². The molecule has 0 saturated carbocycles. The molecule has 2 nitrogen and oxygen atoms in total. The average Bonchev–Trinajstić information content (AvgIpc) is 1.97. The van der Waals surface area contributed by atoms with Gasteiger partial charge in [0, 0.05) is 12.7 Å². The quantitative estimate of drug-likeness (QED) is 0.609. The van der Waals surface area contributed by atoms with Crippen LogP contribution in [0, 0.1) is 11.7 Å². The summed E-state index contributed by atoms with van der Waals surface area (Å²) in [4.78, 5) is 3.26. The summed E-state index contributed by atoms with van der Waals surface area (Å²) < 4.78 is 37.8. The number of nitrogens with zero attached hydrogens (tertiary/aromatic N) is 2. The van der Waals surface area contributed by atoms with Crippen molar-refractivity contribution in [2.45, 2.75) is 13.1 Å². The first-order valence-electron chi connectivity index (χ1n) is 3.44. The van der Waals surface area contributed by atoms with E-state index >= 15 is 0 Å². The molecule has 6 heteroatoms. The summed E-state index contributed by atoms with van der Waals surface area (Å²) in [6, 6.07) is 0.968. The van der Waals surface area contributed by atoms with Crippen LogP contribution in [0.2, 0.25) is 0 Å². The fraction of sp³-hybridized carbons (Fsp3) is 0.429. The number of aromatic nitrogens is 2. The van der Waals surface area contributed by atoms with Crippen LogP contribution >= 0.6 is 12.2 Å². The molecule has 0 bridgehead atoms. The van der Waals surface area contributed by atoms with Crippen molar-refractivity contribution in [3.8, 4) is 0 Å². The first-order valence-corrected chi connectivity index (χ1v) is 3.85. The van der Waals surface area contributed by atoms with Crippen molar-refractivity contribution in [1.29, 1.82) is 0 Å². The molecule has 1 aromatic heterocycles. The van der Waals surface area contributed by atoms with Gasteiger partial charge < -0.3 is 4.57 Å². The third kappa shape index (κ3) is 2.06. The minimum Gasteiger partial charge on any atom is -0.324 e. The SMILES string of the molecule is Cc1cc(C(F)(F)F)nc(=S)n1C. The molecule has 0 aliphatic rings. The third-order valence-corrected chi connectivity index (χ3v) is 2.03. The van der Waals surface area contributed by atoms with Crippen LogP contribution in [0.1, 0.15) is 11.4 Å². The third-order valence-electron chi connectivity index (χ3n) is 1.67. The maximum absolute atomic E-state index is 12.2. The van der Waals surface area contributed by atoms with Crippen LogP contribution in [0.3, 0.4) is 0 Å². The van der Waals surface area contributed by atoms with E-state index in [1.807, 2.05) is 0 Å². The summed E-state index contributed by atoms with van der Waals surface area (Å²) in [5.41, 5.74) is -0.500. The van der Waals surface area contributed by atoms with Crippen molar-refractivity contribution in [3.05, 3.63) is 22.2 Å². The second-order valence-electron chi connectivity index (χ2n) is 2.62. The molecule has 0 spiro atoms. The lowest BCUT2D eigenvalue weighted by Gasteiger charge is -2.09. The predicted octanol–water partition coefficient (Wildman–Crippen LogP) is 2.48. The Hall–Kier alpha value is -0.910. The van der Waals surface area contributed by atoms with Crippen LogP contribution in [0.4, 0.5) is 13.2 Å². The number of hydrogen-bond donors (Lipinski definition) is 0. The van der Waals surface area contributed by atoms with Crippen molar-refractivity contribution in [2.75, 3.05) is 0 Å². The van der Waals surface area contributed by atoms with E-state index in [-0.39, 0.29) is 4.77 Å². The Kier molecular flexibility index (Phi) is 2.42. The first kappa shape index (κ1) is 10.2. The number of rotatable bonds is 0. The topological polar surface area (TPSA) is 17.8 Å². The van der Waals surface area contributed by atoms with E-state index in [9.17, 15) is 13.2 Å². The highest BCUT2D eigenvalue weighted by atomic mass is 32.1. The van der Waals surface area contributed by atoms with Crippen LogP contribution < -0.4 is 0 Å². The first-order chi connectivity index (χ1) is 5.82. The Morgan fingerprint density at radius 1 is 1.46 bits per heavy atom. The highest BCUT2D eigenvalue weighted by Gasteiger charge is 2.32. The largest absolute Gasteiger partial charge is 0.433 e. The standard InChI is InChI=1S/C7H7F3N2S/c1-4-3-5(7(8,9)10)11-6(13)12(4)2/h3H,1-2H3. The Balaban J connectivity index is 3.38. The van der Waals surface area contributed by atoms with Crippen molar-refractivity contribution in [2.24, 2.45) is 7.05 Å². The number of halogens is 3. The maximum Gasteiger partial charge on any atom is 0.433 e. The van der Waals surface area contributed by atoms with Crippen molar-refractivity contribution in [3.63, 3.8) is 0 Å². The van der Waals surface area contributed by atoms with Gasteiger partial charge in [-0.05, 0) is 25.2 Å². The lowest BCUT2D eigenvalue weighted by molar-refractivity contribution is -0.141. The molecule has 72 valence electrons. The lowest BCUT2D eigenvalue weighted by Crippen LogP contribution is -2.12. The minimum atomic E-state index is -4.42. The second kappa shape index (κ2) is 3.10. The van der Waals surface area contributed by atoms with E-state index in [4.69, 9.17) is 0 Å². The summed E-state index contributed by atoms with van der Waals surface area (Å²) >= 11 is 4.65. The van der Waals surface area contributed by atoms with Gasteiger partial charge in [0.15, 0.2) is 4.77 Å². The van der Waals surface area contributed by atoms with Gasteiger partial charge in [0.25, 0.3) is 0 Å². The molecule has 0 N–H and O–H groups in total. The Labute approximate surface area is 78.0 Å². The van der Waals surface area contributed by atoms with Crippen LogP contribution in [0.5, 0.6) is 0 Å². The molecule has 1 rings (SSSR count). The minimum absolute atomic E-state index is 0.0627. The molecule has 0 fully saturated rings. The average molecular weight is 208 g/mol. The molecule has 0 atom stereocenters. The van der Waals surface area contributed by atoms with E-state index in [0.717, 1.165) is 6.07 Å². The number of aryl methyl sites for hydroxylation is 1. The number of alkyl halides is 3. The van der Waals surface area contributed by atoms with Crippen LogP contribution in [-0.2, 0) is 13.2 Å². The highest BCUT2D eigenvalue weighted by Crippen LogP contribution is 2.27. The summed E-state index contributed by atoms with van der Waals surface area (Å²) in [5, 5.41) is 0. The Morgan fingerprint density at radius 3 is 2.38 bits per heavy atom. The zero-order valence-corrected chi connectivity index (χ0v) is 7.83.